The Morgan fingerprint density at radius 1 is 0.931 bits per heavy atom. The van der Waals surface area contributed by atoms with Crippen LogP contribution in [0.25, 0.3) is 17.1 Å². The second-order valence-electron chi connectivity index (χ2n) is 6.33. The zero-order chi connectivity index (χ0) is 20.1. The highest BCUT2D eigenvalue weighted by molar-refractivity contribution is 8.00. The monoisotopic (exact) mass is 401 g/mol. The first kappa shape index (κ1) is 18.9. The molecule has 1 atom stereocenters. The molecule has 0 fully saturated rings. The van der Waals surface area contributed by atoms with Crippen LogP contribution in [0.15, 0.2) is 90.3 Å². The number of rotatable bonds is 6. The number of aromatic nitrogens is 4. The molecule has 2 heterocycles. The summed E-state index contributed by atoms with van der Waals surface area (Å²) in [7, 11) is 0. The van der Waals surface area contributed by atoms with Crippen molar-refractivity contribution in [2.75, 3.05) is 5.32 Å². The zero-order valence-electron chi connectivity index (χ0n) is 15.8. The topological polar surface area (TPSA) is 72.7 Å². The Bertz CT molecular complexity index is 1080. The summed E-state index contributed by atoms with van der Waals surface area (Å²) < 4.78 is 1.96. The minimum Gasteiger partial charge on any atom is -0.325 e. The Morgan fingerprint density at radius 2 is 1.59 bits per heavy atom. The summed E-state index contributed by atoms with van der Waals surface area (Å²) in [5.41, 5.74) is 2.61. The normalized spacial score (nSPS) is 11.8. The lowest BCUT2D eigenvalue weighted by Gasteiger charge is -2.14. The van der Waals surface area contributed by atoms with Crippen molar-refractivity contribution in [1.29, 1.82) is 0 Å². The fraction of sp³-hybridized carbons (Fsp3) is 0.0909. The van der Waals surface area contributed by atoms with Gasteiger partial charge in [-0.2, -0.15) is 0 Å². The third kappa shape index (κ3) is 4.35. The molecule has 4 aromatic rings. The summed E-state index contributed by atoms with van der Waals surface area (Å²) in [5, 5.41) is 12.0. The molecule has 0 saturated heterocycles. The van der Waals surface area contributed by atoms with Gasteiger partial charge in [0.05, 0.1) is 5.25 Å². The minimum absolute atomic E-state index is 0.0886. The van der Waals surface area contributed by atoms with Gasteiger partial charge in [0.2, 0.25) is 5.91 Å². The minimum atomic E-state index is -0.354. The van der Waals surface area contributed by atoms with E-state index in [1.165, 1.54) is 11.8 Å². The number of carbonyl (C=O) groups excluding carboxylic acids is 1. The van der Waals surface area contributed by atoms with Gasteiger partial charge in [-0.3, -0.25) is 14.3 Å². The lowest BCUT2D eigenvalue weighted by molar-refractivity contribution is -0.115. The van der Waals surface area contributed by atoms with Crippen molar-refractivity contribution in [3.8, 4) is 17.1 Å². The third-order valence-corrected chi connectivity index (χ3v) is 5.32. The number of para-hydroxylation sites is 2. The molecule has 2 aromatic carbocycles. The average Bonchev–Trinajstić information content (AvgIpc) is 3.19. The van der Waals surface area contributed by atoms with Crippen LogP contribution in [0.4, 0.5) is 5.69 Å². The fourth-order valence-electron chi connectivity index (χ4n) is 2.82. The maximum Gasteiger partial charge on any atom is 0.237 e. The van der Waals surface area contributed by atoms with Crippen molar-refractivity contribution in [3.05, 3.63) is 85.2 Å². The van der Waals surface area contributed by atoms with Gasteiger partial charge in [0.1, 0.15) is 0 Å². The van der Waals surface area contributed by atoms with Crippen molar-refractivity contribution in [3.63, 3.8) is 0 Å². The van der Waals surface area contributed by atoms with Crippen LogP contribution in [0, 0.1) is 0 Å². The van der Waals surface area contributed by atoms with Gasteiger partial charge in [-0.1, -0.05) is 48.2 Å². The van der Waals surface area contributed by atoms with Crippen molar-refractivity contribution in [1.82, 2.24) is 19.7 Å². The Labute approximate surface area is 173 Å². The Hall–Kier alpha value is -3.45. The average molecular weight is 401 g/mol. The lowest BCUT2D eigenvalue weighted by atomic mass is 10.2. The zero-order valence-corrected chi connectivity index (χ0v) is 16.6. The molecule has 4 rings (SSSR count). The van der Waals surface area contributed by atoms with Crippen LogP contribution in [0.2, 0.25) is 0 Å². The number of carbonyl (C=O) groups is 1. The molecule has 0 aliphatic rings. The summed E-state index contributed by atoms with van der Waals surface area (Å²) in [6.45, 7) is 1.86. The summed E-state index contributed by atoms with van der Waals surface area (Å²) in [5.74, 6) is 0.617. The second-order valence-corrected chi connectivity index (χ2v) is 7.64. The predicted octanol–water partition coefficient (Wildman–Crippen LogP) is 4.45. The first-order valence-corrected chi connectivity index (χ1v) is 10.0. The molecule has 1 N–H and O–H groups in total. The first-order valence-electron chi connectivity index (χ1n) is 9.16. The number of hydrogen-bond acceptors (Lipinski definition) is 5. The van der Waals surface area contributed by atoms with Gasteiger partial charge in [0.25, 0.3) is 0 Å². The Kier molecular flexibility index (Phi) is 5.67. The standard InChI is InChI=1S/C22H19N5OS/c1-16(21(28)24-18-8-4-2-5-9-18)29-22-26-25-20(17-12-14-23-15-13-17)27(22)19-10-6-3-7-11-19/h2-16H,1H3,(H,24,28)/t16-/m0/s1. The first-order chi connectivity index (χ1) is 14.2. The van der Waals surface area contributed by atoms with E-state index in [1.54, 1.807) is 12.4 Å². The van der Waals surface area contributed by atoms with E-state index in [-0.39, 0.29) is 11.2 Å². The van der Waals surface area contributed by atoms with E-state index in [4.69, 9.17) is 0 Å². The van der Waals surface area contributed by atoms with Gasteiger partial charge in [0.15, 0.2) is 11.0 Å². The van der Waals surface area contributed by atoms with Crippen LogP contribution in [0.3, 0.4) is 0 Å². The van der Waals surface area contributed by atoms with Crippen molar-refractivity contribution in [2.45, 2.75) is 17.3 Å². The molecular formula is C22H19N5OS. The van der Waals surface area contributed by atoms with Crippen LogP contribution >= 0.6 is 11.8 Å². The number of anilines is 1. The third-order valence-electron chi connectivity index (χ3n) is 4.28. The Balaban J connectivity index is 1.63. The molecule has 29 heavy (non-hydrogen) atoms. The lowest BCUT2D eigenvalue weighted by Crippen LogP contribution is -2.22. The van der Waals surface area contributed by atoms with E-state index in [9.17, 15) is 4.79 Å². The van der Waals surface area contributed by atoms with E-state index >= 15 is 0 Å². The van der Waals surface area contributed by atoms with Gasteiger partial charge < -0.3 is 5.32 Å². The van der Waals surface area contributed by atoms with Crippen LogP contribution in [-0.4, -0.2) is 30.9 Å². The van der Waals surface area contributed by atoms with E-state index in [2.05, 4.69) is 20.5 Å². The highest BCUT2D eigenvalue weighted by Gasteiger charge is 2.22. The van der Waals surface area contributed by atoms with Crippen molar-refractivity contribution < 1.29 is 4.79 Å². The number of benzene rings is 2. The molecule has 1 amide bonds. The van der Waals surface area contributed by atoms with Crippen LogP contribution in [-0.2, 0) is 4.79 Å². The quantitative estimate of drug-likeness (QED) is 0.483. The number of nitrogens with one attached hydrogen (secondary N) is 1. The summed E-state index contributed by atoms with van der Waals surface area (Å²) in [4.78, 5) is 16.7. The van der Waals surface area contributed by atoms with Crippen LogP contribution in [0.5, 0.6) is 0 Å². The largest absolute Gasteiger partial charge is 0.325 e. The second kappa shape index (κ2) is 8.70. The molecule has 0 radical (unpaired) electrons. The van der Waals surface area contributed by atoms with E-state index in [0.29, 0.717) is 11.0 Å². The van der Waals surface area contributed by atoms with Gasteiger partial charge in [0, 0.05) is 29.3 Å². The molecule has 0 spiro atoms. The van der Waals surface area contributed by atoms with Crippen molar-refractivity contribution in [2.24, 2.45) is 0 Å². The number of thioether (sulfide) groups is 1. The molecule has 0 bridgehead atoms. The molecule has 2 aromatic heterocycles. The predicted molar refractivity (Wildman–Crippen MR) is 115 cm³/mol. The van der Waals surface area contributed by atoms with Gasteiger partial charge in [-0.15, -0.1) is 10.2 Å². The molecule has 7 heteroatoms. The molecule has 6 nitrogen and oxygen atoms in total. The molecule has 0 aliphatic carbocycles. The summed E-state index contributed by atoms with van der Waals surface area (Å²) >= 11 is 1.37. The van der Waals surface area contributed by atoms with Crippen LogP contribution < -0.4 is 5.32 Å². The highest BCUT2D eigenvalue weighted by Crippen LogP contribution is 2.30. The molecule has 144 valence electrons. The van der Waals surface area contributed by atoms with E-state index in [0.717, 1.165) is 16.9 Å². The summed E-state index contributed by atoms with van der Waals surface area (Å²) in [6.07, 6.45) is 3.45. The van der Waals surface area contributed by atoms with Crippen molar-refractivity contribution >= 4 is 23.4 Å². The van der Waals surface area contributed by atoms with Gasteiger partial charge in [-0.05, 0) is 43.3 Å². The number of nitrogens with zero attached hydrogens (tertiary/aromatic N) is 4. The van der Waals surface area contributed by atoms with E-state index in [1.807, 2.05) is 84.3 Å². The van der Waals surface area contributed by atoms with Gasteiger partial charge >= 0.3 is 0 Å². The van der Waals surface area contributed by atoms with Crippen LogP contribution in [0.1, 0.15) is 6.92 Å². The highest BCUT2D eigenvalue weighted by atomic mass is 32.2. The SMILES string of the molecule is C[C@H](Sc1nnc(-c2ccncc2)n1-c1ccccc1)C(=O)Nc1ccccc1. The number of pyridine rings is 1. The summed E-state index contributed by atoms with van der Waals surface area (Å²) in [6, 6.07) is 23.1. The molecular weight excluding hydrogens is 382 g/mol. The number of amides is 1. The maximum atomic E-state index is 12.6. The Morgan fingerprint density at radius 3 is 2.28 bits per heavy atom. The molecule has 0 saturated carbocycles. The fourth-order valence-corrected chi connectivity index (χ4v) is 3.69. The smallest absolute Gasteiger partial charge is 0.237 e. The van der Waals surface area contributed by atoms with E-state index < -0.39 is 0 Å². The number of hydrogen-bond donors (Lipinski definition) is 1. The molecule has 0 aliphatic heterocycles. The van der Waals surface area contributed by atoms with Gasteiger partial charge in [-0.25, -0.2) is 0 Å². The molecule has 0 unspecified atom stereocenters. The maximum absolute atomic E-state index is 12.6.